The number of nitrogens with zero attached hydrogens (tertiary/aromatic N) is 2. The lowest BCUT2D eigenvalue weighted by atomic mass is 10.2. The van der Waals surface area contributed by atoms with Crippen LogP contribution in [0.15, 0.2) is 41.7 Å². The Morgan fingerprint density at radius 3 is 2.79 bits per heavy atom. The molecular weight excluding hydrogens is 260 g/mol. The lowest BCUT2D eigenvalue weighted by molar-refractivity contribution is 0.0944. The van der Waals surface area contributed by atoms with E-state index < -0.39 is 0 Å². The molecule has 19 heavy (non-hydrogen) atoms. The first kappa shape index (κ1) is 13.6. The SMILES string of the molecule is CCSc1ncc(C(=O)NN)n1Cc1ccccc1. The molecule has 6 heteroatoms. The van der Waals surface area contributed by atoms with Crippen LogP contribution >= 0.6 is 11.8 Å². The predicted molar refractivity (Wildman–Crippen MR) is 75.8 cm³/mol. The van der Waals surface area contributed by atoms with Crippen molar-refractivity contribution in [2.24, 2.45) is 5.84 Å². The number of thioether (sulfide) groups is 1. The van der Waals surface area contributed by atoms with Gasteiger partial charge in [-0.2, -0.15) is 0 Å². The second-order valence-corrected chi connectivity index (χ2v) is 5.14. The van der Waals surface area contributed by atoms with Crippen LogP contribution in [0.1, 0.15) is 23.0 Å². The Morgan fingerprint density at radius 1 is 1.42 bits per heavy atom. The van der Waals surface area contributed by atoms with E-state index in [0.717, 1.165) is 16.5 Å². The van der Waals surface area contributed by atoms with Crippen LogP contribution in [0.2, 0.25) is 0 Å². The molecule has 0 aliphatic carbocycles. The maximum absolute atomic E-state index is 11.7. The van der Waals surface area contributed by atoms with Crippen molar-refractivity contribution in [1.82, 2.24) is 15.0 Å². The van der Waals surface area contributed by atoms with Gasteiger partial charge >= 0.3 is 0 Å². The normalized spacial score (nSPS) is 10.4. The fourth-order valence-electron chi connectivity index (χ4n) is 1.78. The molecule has 0 atom stereocenters. The number of hydrogen-bond donors (Lipinski definition) is 2. The highest BCUT2D eigenvalue weighted by atomic mass is 32.2. The van der Waals surface area contributed by atoms with Gasteiger partial charge in [0.25, 0.3) is 5.91 Å². The van der Waals surface area contributed by atoms with E-state index in [0.29, 0.717) is 12.2 Å². The number of nitrogen functional groups attached to an aromatic ring is 1. The van der Waals surface area contributed by atoms with Gasteiger partial charge in [0.15, 0.2) is 5.16 Å². The van der Waals surface area contributed by atoms with Crippen LogP contribution in [0, 0.1) is 0 Å². The summed E-state index contributed by atoms with van der Waals surface area (Å²) in [4.78, 5) is 16.0. The lowest BCUT2D eigenvalue weighted by Gasteiger charge is -2.10. The third-order valence-electron chi connectivity index (χ3n) is 2.64. The Kier molecular flexibility index (Phi) is 4.59. The number of nitrogens with one attached hydrogen (secondary N) is 1. The van der Waals surface area contributed by atoms with Crippen LogP contribution in [-0.4, -0.2) is 21.2 Å². The van der Waals surface area contributed by atoms with Crippen LogP contribution < -0.4 is 11.3 Å². The number of carbonyl (C=O) groups excluding carboxylic acids is 1. The molecule has 1 amide bonds. The Morgan fingerprint density at radius 2 is 2.16 bits per heavy atom. The molecule has 0 fully saturated rings. The summed E-state index contributed by atoms with van der Waals surface area (Å²) < 4.78 is 1.88. The molecule has 0 saturated carbocycles. The summed E-state index contributed by atoms with van der Waals surface area (Å²) in [5.41, 5.74) is 3.74. The average molecular weight is 276 g/mol. The fourth-order valence-corrected chi connectivity index (χ4v) is 2.48. The molecule has 0 bridgehead atoms. The van der Waals surface area contributed by atoms with Gasteiger partial charge in [-0.15, -0.1) is 0 Å². The number of aromatic nitrogens is 2. The standard InChI is InChI=1S/C13H16N4OS/c1-2-19-13-15-8-11(12(18)16-14)17(13)9-10-6-4-3-5-7-10/h3-8H,2,9,14H2,1H3,(H,16,18). The molecule has 0 unspecified atom stereocenters. The summed E-state index contributed by atoms with van der Waals surface area (Å²) in [6, 6.07) is 9.95. The zero-order valence-electron chi connectivity index (χ0n) is 10.7. The Labute approximate surface area is 116 Å². The van der Waals surface area contributed by atoms with E-state index in [-0.39, 0.29) is 5.91 Å². The van der Waals surface area contributed by atoms with Crippen molar-refractivity contribution in [3.05, 3.63) is 47.8 Å². The average Bonchev–Trinajstić information content (AvgIpc) is 2.83. The summed E-state index contributed by atoms with van der Waals surface area (Å²) >= 11 is 1.60. The van der Waals surface area contributed by atoms with Crippen molar-refractivity contribution >= 4 is 17.7 Å². The summed E-state index contributed by atoms with van der Waals surface area (Å²) in [5.74, 6) is 5.77. The molecule has 0 radical (unpaired) electrons. The molecule has 0 saturated heterocycles. The second-order valence-electron chi connectivity index (χ2n) is 3.90. The Balaban J connectivity index is 2.34. The van der Waals surface area contributed by atoms with Gasteiger partial charge in [0.05, 0.1) is 12.7 Å². The maximum atomic E-state index is 11.7. The van der Waals surface area contributed by atoms with E-state index in [9.17, 15) is 4.79 Å². The summed E-state index contributed by atoms with van der Waals surface area (Å²) in [7, 11) is 0. The summed E-state index contributed by atoms with van der Waals surface area (Å²) in [5, 5.41) is 0.824. The van der Waals surface area contributed by atoms with Crippen molar-refractivity contribution in [1.29, 1.82) is 0 Å². The molecule has 0 aliphatic heterocycles. The molecular formula is C13H16N4OS. The first-order valence-electron chi connectivity index (χ1n) is 5.99. The van der Waals surface area contributed by atoms with E-state index >= 15 is 0 Å². The number of hydrazine groups is 1. The van der Waals surface area contributed by atoms with E-state index in [1.807, 2.05) is 34.9 Å². The highest BCUT2D eigenvalue weighted by Crippen LogP contribution is 2.19. The number of benzene rings is 1. The van der Waals surface area contributed by atoms with Crippen molar-refractivity contribution in [3.63, 3.8) is 0 Å². The van der Waals surface area contributed by atoms with Gasteiger partial charge in [0.1, 0.15) is 5.69 Å². The minimum atomic E-state index is -0.327. The fraction of sp³-hybridized carbons (Fsp3) is 0.231. The topological polar surface area (TPSA) is 72.9 Å². The van der Waals surface area contributed by atoms with Crippen LogP contribution in [0.4, 0.5) is 0 Å². The first-order chi connectivity index (χ1) is 9.26. The summed E-state index contributed by atoms with van der Waals surface area (Å²) in [6.07, 6.45) is 1.56. The van der Waals surface area contributed by atoms with Gasteiger partial charge < -0.3 is 4.57 Å². The molecule has 0 spiro atoms. The highest BCUT2D eigenvalue weighted by molar-refractivity contribution is 7.99. The smallest absolute Gasteiger partial charge is 0.283 e. The molecule has 5 nitrogen and oxygen atoms in total. The van der Waals surface area contributed by atoms with Gasteiger partial charge in [-0.1, -0.05) is 49.0 Å². The lowest BCUT2D eigenvalue weighted by Crippen LogP contribution is -2.32. The van der Waals surface area contributed by atoms with Crippen molar-refractivity contribution in [2.45, 2.75) is 18.6 Å². The molecule has 1 aromatic carbocycles. The van der Waals surface area contributed by atoms with Gasteiger partial charge in [0.2, 0.25) is 0 Å². The van der Waals surface area contributed by atoms with Crippen molar-refractivity contribution < 1.29 is 4.79 Å². The quantitative estimate of drug-likeness (QED) is 0.377. The molecule has 0 aliphatic rings. The zero-order valence-corrected chi connectivity index (χ0v) is 11.5. The zero-order chi connectivity index (χ0) is 13.7. The number of amides is 1. The van der Waals surface area contributed by atoms with Gasteiger partial charge in [-0.25, -0.2) is 10.8 Å². The number of imidazole rings is 1. The number of nitrogens with two attached hydrogens (primary N) is 1. The monoisotopic (exact) mass is 276 g/mol. The molecule has 1 heterocycles. The van der Waals surface area contributed by atoms with Gasteiger partial charge in [-0.05, 0) is 11.3 Å². The number of hydrogen-bond acceptors (Lipinski definition) is 4. The van der Waals surface area contributed by atoms with Crippen molar-refractivity contribution in [3.8, 4) is 0 Å². The number of carbonyl (C=O) groups is 1. The van der Waals surface area contributed by atoms with Gasteiger partial charge in [-0.3, -0.25) is 10.2 Å². The minimum absolute atomic E-state index is 0.327. The molecule has 1 aromatic heterocycles. The van der Waals surface area contributed by atoms with Crippen LogP contribution in [-0.2, 0) is 6.54 Å². The van der Waals surface area contributed by atoms with E-state index in [2.05, 4.69) is 17.3 Å². The van der Waals surface area contributed by atoms with Gasteiger partial charge in [0, 0.05) is 0 Å². The predicted octanol–water partition coefficient (Wildman–Crippen LogP) is 1.65. The molecule has 2 rings (SSSR count). The molecule has 2 aromatic rings. The minimum Gasteiger partial charge on any atom is -0.310 e. The first-order valence-corrected chi connectivity index (χ1v) is 6.98. The van der Waals surface area contributed by atoms with E-state index in [1.54, 1.807) is 18.0 Å². The number of rotatable bonds is 5. The molecule has 3 N–H and O–H groups in total. The largest absolute Gasteiger partial charge is 0.310 e. The van der Waals surface area contributed by atoms with E-state index in [1.165, 1.54) is 0 Å². The molecule has 100 valence electrons. The van der Waals surface area contributed by atoms with Crippen LogP contribution in [0.5, 0.6) is 0 Å². The third-order valence-corrected chi connectivity index (χ3v) is 3.51. The van der Waals surface area contributed by atoms with Crippen LogP contribution in [0.3, 0.4) is 0 Å². The van der Waals surface area contributed by atoms with Crippen molar-refractivity contribution in [2.75, 3.05) is 5.75 Å². The maximum Gasteiger partial charge on any atom is 0.283 e. The second kappa shape index (κ2) is 6.40. The Bertz CT molecular complexity index is 553. The van der Waals surface area contributed by atoms with E-state index in [4.69, 9.17) is 5.84 Å². The highest BCUT2D eigenvalue weighted by Gasteiger charge is 2.15. The summed E-state index contributed by atoms with van der Waals surface area (Å²) in [6.45, 7) is 2.65. The van der Waals surface area contributed by atoms with Crippen LogP contribution in [0.25, 0.3) is 0 Å². The Hall–Kier alpha value is -1.79. The third kappa shape index (κ3) is 3.15.